The van der Waals surface area contributed by atoms with Crippen molar-refractivity contribution in [3.8, 4) is 17.2 Å². The van der Waals surface area contributed by atoms with Crippen LogP contribution < -0.4 is 9.47 Å². The fraction of sp³-hybridized carbons (Fsp3) is 0.360. The molecule has 3 rings (SSSR count). The van der Waals surface area contributed by atoms with Crippen molar-refractivity contribution in [2.24, 2.45) is 0 Å². The van der Waals surface area contributed by atoms with Crippen molar-refractivity contribution >= 4 is 17.4 Å². The lowest BCUT2D eigenvalue weighted by Gasteiger charge is -2.25. The van der Waals surface area contributed by atoms with Gasteiger partial charge in [-0.05, 0) is 62.7 Å². The number of Topliss-reactive ketones (excluding diaryl/α,β-unsaturated/α-hetero) is 1. The van der Waals surface area contributed by atoms with Gasteiger partial charge in [0.2, 0.25) is 0 Å². The first-order valence-corrected chi connectivity index (χ1v) is 10.8. The second kappa shape index (κ2) is 10.4. The number of aliphatic hydroxyl groups is 1. The standard InChI is InChI=1S/C25H29NO7/c1-5-32-20-14-17(8-11-19(20)27)22-21(24(29)25(30)26(22)12-13-31-4)23(28)16-6-9-18(10-7-16)33-15(2)3/h6-11,14-15,22,27-28H,5,12-13H2,1-4H3/b23-21+. The lowest BCUT2D eigenvalue weighted by Crippen LogP contribution is -2.32. The average Bonchev–Trinajstić information content (AvgIpc) is 3.03. The number of aliphatic hydroxyl groups excluding tert-OH is 1. The molecule has 1 amide bonds. The maximum Gasteiger partial charge on any atom is 0.295 e. The zero-order valence-corrected chi connectivity index (χ0v) is 19.2. The van der Waals surface area contributed by atoms with E-state index < -0.39 is 17.7 Å². The molecule has 1 heterocycles. The number of carbonyl (C=O) groups is 2. The first kappa shape index (κ1) is 24.1. The van der Waals surface area contributed by atoms with Crippen LogP contribution in [-0.2, 0) is 14.3 Å². The molecule has 176 valence electrons. The number of hydrogen-bond acceptors (Lipinski definition) is 7. The lowest BCUT2D eigenvalue weighted by atomic mass is 9.95. The van der Waals surface area contributed by atoms with Gasteiger partial charge < -0.3 is 29.3 Å². The molecule has 1 fully saturated rings. The highest BCUT2D eigenvalue weighted by atomic mass is 16.5. The monoisotopic (exact) mass is 455 g/mol. The molecule has 2 N–H and O–H groups in total. The predicted molar refractivity (Wildman–Crippen MR) is 122 cm³/mol. The molecule has 0 bridgehead atoms. The van der Waals surface area contributed by atoms with Gasteiger partial charge in [-0.15, -0.1) is 0 Å². The number of amides is 1. The van der Waals surface area contributed by atoms with Crippen LogP contribution in [-0.4, -0.2) is 59.8 Å². The summed E-state index contributed by atoms with van der Waals surface area (Å²) in [5.41, 5.74) is 0.860. The van der Waals surface area contributed by atoms with Gasteiger partial charge >= 0.3 is 0 Å². The molecule has 8 nitrogen and oxygen atoms in total. The third-order valence-corrected chi connectivity index (χ3v) is 5.18. The molecule has 1 aliphatic rings. The van der Waals surface area contributed by atoms with E-state index in [0.29, 0.717) is 23.5 Å². The van der Waals surface area contributed by atoms with Crippen molar-refractivity contribution in [3.63, 3.8) is 0 Å². The van der Waals surface area contributed by atoms with Gasteiger partial charge in [0.15, 0.2) is 11.5 Å². The molecule has 1 aliphatic heterocycles. The minimum atomic E-state index is -0.869. The number of ketones is 1. The fourth-order valence-electron chi connectivity index (χ4n) is 3.74. The summed E-state index contributed by atoms with van der Waals surface area (Å²) in [6.07, 6.45) is -0.00964. The zero-order chi connectivity index (χ0) is 24.1. The molecule has 0 aromatic heterocycles. The van der Waals surface area contributed by atoms with Crippen LogP contribution in [0.25, 0.3) is 5.76 Å². The van der Waals surface area contributed by atoms with E-state index in [0.717, 1.165) is 0 Å². The number of benzene rings is 2. The van der Waals surface area contributed by atoms with Gasteiger partial charge in [-0.3, -0.25) is 9.59 Å². The number of phenols is 1. The number of phenolic OH excluding ortho intramolecular Hbond substituents is 1. The third kappa shape index (κ3) is 5.12. The number of hydrogen-bond donors (Lipinski definition) is 2. The molecule has 2 aromatic carbocycles. The maximum absolute atomic E-state index is 13.0. The van der Waals surface area contributed by atoms with E-state index in [1.807, 2.05) is 13.8 Å². The highest BCUT2D eigenvalue weighted by Gasteiger charge is 2.46. The molecule has 8 heteroatoms. The largest absolute Gasteiger partial charge is 0.507 e. The Bertz CT molecular complexity index is 1040. The van der Waals surface area contributed by atoms with Crippen LogP contribution in [0.4, 0.5) is 0 Å². The van der Waals surface area contributed by atoms with E-state index in [1.165, 1.54) is 18.1 Å². The van der Waals surface area contributed by atoms with E-state index in [2.05, 4.69) is 0 Å². The number of carbonyl (C=O) groups excluding carboxylic acids is 2. The average molecular weight is 456 g/mol. The van der Waals surface area contributed by atoms with Crippen molar-refractivity contribution < 1.29 is 34.0 Å². The molecule has 0 saturated carbocycles. The van der Waals surface area contributed by atoms with E-state index in [1.54, 1.807) is 43.3 Å². The maximum atomic E-state index is 13.0. The molecule has 1 saturated heterocycles. The Morgan fingerprint density at radius 2 is 1.82 bits per heavy atom. The summed E-state index contributed by atoms with van der Waals surface area (Å²) < 4.78 is 16.2. The Morgan fingerprint density at radius 3 is 2.42 bits per heavy atom. The summed E-state index contributed by atoms with van der Waals surface area (Å²) in [6.45, 7) is 6.28. The SMILES string of the molecule is CCOc1cc(C2/C(=C(\O)c3ccc(OC(C)C)cc3)C(=O)C(=O)N2CCOC)ccc1O. The van der Waals surface area contributed by atoms with Crippen LogP contribution in [0.15, 0.2) is 48.0 Å². The summed E-state index contributed by atoms with van der Waals surface area (Å²) >= 11 is 0. The van der Waals surface area contributed by atoms with Gasteiger partial charge in [0.05, 0.1) is 30.9 Å². The molecule has 1 atom stereocenters. The number of likely N-dealkylation sites (tertiary alicyclic amines) is 1. The number of ether oxygens (including phenoxy) is 3. The second-order valence-corrected chi connectivity index (χ2v) is 7.84. The Kier molecular flexibility index (Phi) is 7.60. The molecule has 2 aromatic rings. The molecular formula is C25H29NO7. The van der Waals surface area contributed by atoms with Crippen LogP contribution in [0.1, 0.15) is 37.9 Å². The predicted octanol–water partition coefficient (Wildman–Crippen LogP) is 3.65. The lowest BCUT2D eigenvalue weighted by molar-refractivity contribution is -0.140. The topological polar surface area (TPSA) is 106 Å². The van der Waals surface area contributed by atoms with Gasteiger partial charge in [-0.2, -0.15) is 0 Å². The molecule has 33 heavy (non-hydrogen) atoms. The molecule has 1 unspecified atom stereocenters. The van der Waals surface area contributed by atoms with Crippen LogP contribution >= 0.6 is 0 Å². The summed E-state index contributed by atoms with van der Waals surface area (Å²) in [4.78, 5) is 27.2. The molecule has 0 radical (unpaired) electrons. The van der Waals surface area contributed by atoms with Crippen molar-refractivity contribution in [3.05, 3.63) is 59.2 Å². The van der Waals surface area contributed by atoms with Gasteiger partial charge in [0, 0.05) is 19.2 Å². The minimum absolute atomic E-state index is 0.00964. The number of aromatic hydroxyl groups is 1. The smallest absolute Gasteiger partial charge is 0.295 e. The Morgan fingerprint density at radius 1 is 1.12 bits per heavy atom. The summed E-state index contributed by atoms with van der Waals surface area (Å²) in [5, 5.41) is 21.2. The Hall–Kier alpha value is -3.52. The van der Waals surface area contributed by atoms with Gasteiger partial charge in [-0.1, -0.05) is 6.07 Å². The van der Waals surface area contributed by atoms with Gasteiger partial charge in [-0.25, -0.2) is 0 Å². The molecule has 0 spiro atoms. The molecule has 0 aliphatic carbocycles. The number of nitrogens with zero attached hydrogens (tertiary/aromatic N) is 1. The number of rotatable bonds is 9. The Balaban J connectivity index is 2.11. The van der Waals surface area contributed by atoms with Crippen LogP contribution in [0, 0.1) is 0 Å². The Labute approximate surface area is 193 Å². The van der Waals surface area contributed by atoms with Crippen LogP contribution in [0.2, 0.25) is 0 Å². The number of methoxy groups -OCH3 is 1. The first-order valence-electron chi connectivity index (χ1n) is 10.8. The van der Waals surface area contributed by atoms with Gasteiger partial charge in [0.25, 0.3) is 11.7 Å². The van der Waals surface area contributed by atoms with E-state index in [-0.39, 0.29) is 42.1 Å². The normalized spacial score (nSPS) is 17.6. The fourth-order valence-corrected chi connectivity index (χ4v) is 3.74. The highest BCUT2D eigenvalue weighted by molar-refractivity contribution is 6.46. The summed E-state index contributed by atoms with van der Waals surface area (Å²) in [7, 11) is 1.50. The van der Waals surface area contributed by atoms with Crippen molar-refractivity contribution in [1.82, 2.24) is 4.90 Å². The molecular weight excluding hydrogens is 426 g/mol. The minimum Gasteiger partial charge on any atom is -0.507 e. The third-order valence-electron chi connectivity index (χ3n) is 5.18. The van der Waals surface area contributed by atoms with Crippen LogP contribution in [0.3, 0.4) is 0 Å². The first-order chi connectivity index (χ1) is 15.8. The zero-order valence-electron chi connectivity index (χ0n) is 19.2. The highest BCUT2D eigenvalue weighted by Crippen LogP contribution is 2.41. The van der Waals surface area contributed by atoms with Crippen molar-refractivity contribution in [2.75, 3.05) is 26.9 Å². The summed E-state index contributed by atoms with van der Waals surface area (Å²) in [6, 6.07) is 10.4. The quantitative estimate of drug-likeness (QED) is 0.338. The van der Waals surface area contributed by atoms with Crippen molar-refractivity contribution in [1.29, 1.82) is 0 Å². The summed E-state index contributed by atoms with van der Waals surface area (Å²) in [5.74, 6) is -1.02. The second-order valence-electron chi connectivity index (χ2n) is 7.84. The van der Waals surface area contributed by atoms with Gasteiger partial charge in [0.1, 0.15) is 11.5 Å². The van der Waals surface area contributed by atoms with Crippen LogP contribution in [0.5, 0.6) is 17.2 Å². The van der Waals surface area contributed by atoms with Crippen molar-refractivity contribution in [2.45, 2.75) is 32.9 Å². The van der Waals surface area contributed by atoms with E-state index >= 15 is 0 Å². The van der Waals surface area contributed by atoms with E-state index in [9.17, 15) is 19.8 Å². The van der Waals surface area contributed by atoms with E-state index in [4.69, 9.17) is 14.2 Å².